The summed E-state index contributed by atoms with van der Waals surface area (Å²) in [4.78, 5) is 13.7. The fourth-order valence-electron chi connectivity index (χ4n) is 2.22. The predicted octanol–water partition coefficient (Wildman–Crippen LogP) is 2.69. The second-order valence-corrected chi connectivity index (χ2v) is 5.60. The second-order valence-electron chi connectivity index (χ2n) is 4.75. The third-order valence-corrected chi connectivity index (χ3v) is 4.07. The quantitative estimate of drug-likeness (QED) is 0.843. The molecule has 1 aromatic rings. The van der Waals surface area contributed by atoms with E-state index in [9.17, 15) is 9.18 Å². The van der Waals surface area contributed by atoms with Crippen molar-refractivity contribution in [1.82, 2.24) is 10.2 Å². The van der Waals surface area contributed by atoms with E-state index >= 15 is 0 Å². The van der Waals surface area contributed by atoms with Gasteiger partial charge in [0.05, 0.1) is 0 Å². The third-order valence-electron chi connectivity index (χ3n) is 3.30. The number of nitrogens with one attached hydrogen (secondary N) is 1. The predicted molar refractivity (Wildman–Crippen MR) is 76.2 cm³/mol. The Morgan fingerprint density at radius 1 is 1.37 bits per heavy atom. The van der Waals surface area contributed by atoms with Gasteiger partial charge >= 0.3 is 0 Å². The van der Waals surface area contributed by atoms with Crippen molar-refractivity contribution < 1.29 is 9.18 Å². The molecule has 0 aromatic heterocycles. The zero-order chi connectivity index (χ0) is 13.7. The number of benzene rings is 1. The normalized spacial score (nSPS) is 14.9. The van der Waals surface area contributed by atoms with Crippen molar-refractivity contribution >= 4 is 21.8 Å². The molecule has 0 spiro atoms. The van der Waals surface area contributed by atoms with Crippen LogP contribution >= 0.6 is 15.9 Å². The summed E-state index contributed by atoms with van der Waals surface area (Å²) in [6, 6.07) is 4.62. The van der Waals surface area contributed by atoms with Gasteiger partial charge in [-0.3, -0.25) is 4.79 Å². The summed E-state index contributed by atoms with van der Waals surface area (Å²) in [6.45, 7) is 2.98. The lowest BCUT2D eigenvalue weighted by atomic mass is 10.2. The van der Waals surface area contributed by atoms with Crippen LogP contribution in [-0.2, 0) is 11.3 Å². The Kier molecular flexibility index (Phi) is 5.34. The van der Waals surface area contributed by atoms with Crippen LogP contribution < -0.4 is 5.32 Å². The molecular formula is C14H18BrFN2O. The van der Waals surface area contributed by atoms with Gasteiger partial charge in [0.1, 0.15) is 5.82 Å². The van der Waals surface area contributed by atoms with Gasteiger partial charge in [0.15, 0.2) is 0 Å². The lowest BCUT2D eigenvalue weighted by Crippen LogP contribution is -2.30. The third kappa shape index (κ3) is 4.28. The first-order valence-electron chi connectivity index (χ1n) is 6.59. The van der Waals surface area contributed by atoms with Crippen LogP contribution in [0, 0.1) is 5.82 Å². The number of hydrogen-bond donors (Lipinski definition) is 1. The van der Waals surface area contributed by atoms with Crippen molar-refractivity contribution in [2.45, 2.75) is 25.8 Å². The lowest BCUT2D eigenvalue weighted by Gasteiger charge is -2.15. The summed E-state index contributed by atoms with van der Waals surface area (Å²) < 4.78 is 14.0. The Morgan fingerprint density at radius 3 is 2.84 bits per heavy atom. The maximum absolute atomic E-state index is 13.1. The molecular weight excluding hydrogens is 311 g/mol. The van der Waals surface area contributed by atoms with Gasteiger partial charge in [0, 0.05) is 37.1 Å². The number of hydrogen-bond acceptors (Lipinski definition) is 2. The number of nitrogens with zero attached hydrogens (tertiary/aromatic N) is 1. The van der Waals surface area contributed by atoms with Crippen LogP contribution in [0.1, 0.15) is 24.8 Å². The molecule has 0 aliphatic carbocycles. The fraction of sp³-hybridized carbons (Fsp3) is 0.500. The Balaban J connectivity index is 1.71. The van der Waals surface area contributed by atoms with Crippen LogP contribution in [0.2, 0.25) is 0 Å². The molecule has 1 aromatic carbocycles. The number of likely N-dealkylation sites (tertiary alicyclic amines) is 1. The Labute approximate surface area is 121 Å². The van der Waals surface area contributed by atoms with E-state index in [1.54, 1.807) is 6.07 Å². The van der Waals surface area contributed by atoms with Crippen LogP contribution in [0.4, 0.5) is 4.39 Å². The topological polar surface area (TPSA) is 32.3 Å². The van der Waals surface area contributed by atoms with E-state index < -0.39 is 0 Å². The molecule has 0 radical (unpaired) electrons. The standard InChI is InChI=1S/C14H18BrFN2O/c15-13-4-3-12(16)9-11(13)10-17-6-5-14(19)18-7-1-2-8-18/h3-4,9,17H,1-2,5-8,10H2. The highest BCUT2D eigenvalue weighted by Crippen LogP contribution is 2.17. The van der Waals surface area contributed by atoms with Crippen molar-refractivity contribution in [2.24, 2.45) is 0 Å². The van der Waals surface area contributed by atoms with Crippen molar-refractivity contribution in [2.75, 3.05) is 19.6 Å². The van der Waals surface area contributed by atoms with Crippen LogP contribution in [0.25, 0.3) is 0 Å². The summed E-state index contributed by atoms with van der Waals surface area (Å²) in [5.74, 6) is -0.0311. The molecule has 0 saturated carbocycles. The molecule has 104 valence electrons. The van der Waals surface area contributed by atoms with Gasteiger partial charge in [0.2, 0.25) is 5.91 Å². The molecule has 5 heteroatoms. The summed E-state index contributed by atoms with van der Waals surface area (Å²) in [6.07, 6.45) is 2.75. The molecule has 3 nitrogen and oxygen atoms in total. The van der Waals surface area contributed by atoms with Crippen LogP contribution in [0.15, 0.2) is 22.7 Å². The highest BCUT2D eigenvalue weighted by Gasteiger charge is 2.16. The van der Waals surface area contributed by atoms with Gasteiger partial charge in [-0.25, -0.2) is 4.39 Å². The molecule has 1 amide bonds. The average molecular weight is 329 g/mol. The van der Waals surface area contributed by atoms with E-state index in [-0.39, 0.29) is 11.7 Å². The van der Waals surface area contributed by atoms with Crippen molar-refractivity contribution in [1.29, 1.82) is 0 Å². The maximum Gasteiger partial charge on any atom is 0.223 e. The number of carbonyl (C=O) groups is 1. The monoisotopic (exact) mass is 328 g/mol. The fourth-order valence-corrected chi connectivity index (χ4v) is 2.61. The van der Waals surface area contributed by atoms with Crippen LogP contribution in [-0.4, -0.2) is 30.4 Å². The van der Waals surface area contributed by atoms with Gasteiger partial charge in [-0.1, -0.05) is 15.9 Å². The number of halogens is 2. The van der Waals surface area contributed by atoms with Crippen molar-refractivity contribution in [3.05, 3.63) is 34.1 Å². The van der Waals surface area contributed by atoms with E-state index in [0.29, 0.717) is 19.5 Å². The molecule has 0 atom stereocenters. The first-order valence-corrected chi connectivity index (χ1v) is 7.38. The summed E-state index contributed by atoms with van der Waals surface area (Å²) >= 11 is 3.38. The SMILES string of the molecule is O=C(CCNCc1cc(F)ccc1Br)N1CCCC1. The average Bonchev–Trinajstić information content (AvgIpc) is 2.92. The minimum absolute atomic E-state index is 0.211. The first kappa shape index (κ1) is 14.5. The molecule has 0 bridgehead atoms. The largest absolute Gasteiger partial charge is 0.343 e. The van der Waals surface area contributed by atoms with Crippen molar-refractivity contribution in [3.8, 4) is 0 Å². The van der Waals surface area contributed by atoms with Crippen molar-refractivity contribution in [3.63, 3.8) is 0 Å². The van der Waals surface area contributed by atoms with E-state index in [1.807, 2.05) is 4.90 Å². The number of amides is 1. The molecule has 1 aliphatic heterocycles. The summed E-state index contributed by atoms with van der Waals surface area (Å²) in [7, 11) is 0. The Hall–Kier alpha value is -0.940. The zero-order valence-corrected chi connectivity index (χ0v) is 12.4. The zero-order valence-electron chi connectivity index (χ0n) is 10.8. The van der Waals surface area contributed by atoms with E-state index in [1.165, 1.54) is 12.1 Å². The summed E-state index contributed by atoms with van der Waals surface area (Å²) in [5.41, 5.74) is 0.869. The molecule has 1 fully saturated rings. The highest BCUT2D eigenvalue weighted by atomic mass is 79.9. The lowest BCUT2D eigenvalue weighted by molar-refractivity contribution is -0.130. The molecule has 1 aliphatic rings. The molecule has 1 N–H and O–H groups in total. The van der Waals surface area contributed by atoms with E-state index in [4.69, 9.17) is 0 Å². The second kappa shape index (κ2) is 7.01. The minimum Gasteiger partial charge on any atom is -0.343 e. The molecule has 19 heavy (non-hydrogen) atoms. The molecule has 1 heterocycles. The van der Waals surface area contributed by atoms with Gasteiger partial charge < -0.3 is 10.2 Å². The Morgan fingerprint density at radius 2 is 2.11 bits per heavy atom. The Bertz CT molecular complexity index is 447. The van der Waals surface area contributed by atoms with Gasteiger partial charge in [-0.05, 0) is 36.6 Å². The number of rotatable bonds is 5. The van der Waals surface area contributed by atoms with E-state index in [0.717, 1.165) is 36.0 Å². The molecule has 1 saturated heterocycles. The smallest absolute Gasteiger partial charge is 0.223 e. The van der Waals surface area contributed by atoms with Gasteiger partial charge in [-0.2, -0.15) is 0 Å². The van der Waals surface area contributed by atoms with E-state index in [2.05, 4.69) is 21.2 Å². The summed E-state index contributed by atoms with van der Waals surface area (Å²) in [5, 5.41) is 3.18. The van der Waals surface area contributed by atoms with Gasteiger partial charge in [0.25, 0.3) is 0 Å². The minimum atomic E-state index is -0.242. The number of carbonyl (C=O) groups excluding carboxylic acids is 1. The van der Waals surface area contributed by atoms with Crippen LogP contribution in [0.3, 0.4) is 0 Å². The highest BCUT2D eigenvalue weighted by molar-refractivity contribution is 9.10. The van der Waals surface area contributed by atoms with Crippen LogP contribution in [0.5, 0.6) is 0 Å². The molecule has 0 unspecified atom stereocenters. The first-order chi connectivity index (χ1) is 9.16. The maximum atomic E-state index is 13.1. The molecule has 2 rings (SSSR count). The van der Waals surface area contributed by atoms with Gasteiger partial charge in [-0.15, -0.1) is 0 Å².